The number of hydrogen-bond donors (Lipinski definition) is 5. The summed E-state index contributed by atoms with van der Waals surface area (Å²) < 4.78 is 69.2. The van der Waals surface area contributed by atoms with Crippen LogP contribution in [0.4, 0.5) is 26.3 Å². The number of aliphatic carboxylic acids is 2. The monoisotopic (exact) mass is 886 g/mol. The lowest BCUT2D eigenvalue weighted by molar-refractivity contribution is -0.463. The van der Waals surface area contributed by atoms with E-state index in [4.69, 9.17) is 36.0 Å². The zero-order valence-electron chi connectivity index (χ0n) is 36.8. The summed E-state index contributed by atoms with van der Waals surface area (Å²) in [6.45, 7) is 13.9. The Morgan fingerprint density at radius 1 is 0.787 bits per heavy atom. The molecule has 0 aromatic carbocycles. The molecule has 0 saturated heterocycles. The van der Waals surface area contributed by atoms with Gasteiger partial charge in [-0.05, 0) is 129 Å². The minimum atomic E-state index is -5.19. The van der Waals surface area contributed by atoms with Crippen molar-refractivity contribution in [3.8, 4) is 0 Å². The number of esters is 1. The second-order valence-corrected chi connectivity index (χ2v) is 19.0. The van der Waals surface area contributed by atoms with Gasteiger partial charge in [0, 0.05) is 19.4 Å². The minimum Gasteiger partial charge on any atom is -0.542 e. The zero-order valence-corrected chi connectivity index (χ0v) is 36.8. The number of unbranched alkanes of at least 4 members (excludes halogenated alkanes) is 2. The average molecular weight is 886 g/mol. The Labute approximate surface area is 357 Å². The van der Waals surface area contributed by atoms with Gasteiger partial charge in [0.05, 0.1) is 6.54 Å². The number of nitrogens with two attached hydrogens (primary N) is 2. The third-order valence-electron chi connectivity index (χ3n) is 14.4. The van der Waals surface area contributed by atoms with Crippen LogP contribution in [0.3, 0.4) is 0 Å². The number of amides is 1. The molecule has 0 aromatic heterocycles. The number of carboxylic acids is 2. The van der Waals surface area contributed by atoms with E-state index in [0.717, 1.165) is 74.0 Å². The highest BCUT2D eigenvalue weighted by Gasteiger charge is 2.60. The number of fused-ring (bicyclic) bond motifs is 5. The van der Waals surface area contributed by atoms with Gasteiger partial charge in [-0.25, -0.2) is 0 Å². The molecule has 4 rings (SSSR count). The number of rotatable bonds is 17. The first-order valence-corrected chi connectivity index (χ1v) is 22.2. The third-order valence-corrected chi connectivity index (χ3v) is 14.4. The van der Waals surface area contributed by atoms with Crippen molar-refractivity contribution in [2.75, 3.05) is 13.1 Å². The highest BCUT2D eigenvalue weighted by molar-refractivity contribution is 5.80. The number of carbonyl (C=O) groups is 4. The van der Waals surface area contributed by atoms with E-state index in [-0.39, 0.29) is 30.0 Å². The van der Waals surface area contributed by atoms with E-state index in [1.165, 1.54) is 64.2 Å². The van der Waals surface area contributed by atoms with Crippen LogP contribution in [0.2, 0.25) is 0 Å². The fourth-order valence-electron chi connectivity index (χ4n) is 11.2. The fourth-order valence-corrected chi connectivity index (χ4v) is 11.2. The number of carboxylic acid groups (broad SMARTS) is 2. The predicted molar refractivity (Wildman–Crippen MR) is 212 cm³/mol. The molecule has 9 N–H and O–H groups in total. The average Bonchev–Trinajstić information content (AvgIpc) is 3.51. The van der Waals surface area contributed by atoms with Crippen LogP contribution in [0, 0.1) is 52.3 Å². The first-order chi connectivity index (χ1) is 28.2. The molecule has 10 atom stereocenters. The second-order valence-electron chi connectivity index (χ2n) is 19.0. The zero-order chi connectivity index (χ0) is 46.3. The van der Waals surface area contributed by atoms with Crippen LogP contribution >= 0.6 is 0 Å². The number of guanidine groups is 1. The molecule has 0 unspecified atom stereocenters. The van der Waals surface area contributed by atoms with E-state index in [2.05, 4.69) is 50.7 Å². The van der Waals surface area contributed by atoms with Gasteiger partial charge in [0.2, 0.25) is 0 Å². The van der Waals surface area contributed by atoms with E-state index in [1.54, 1.807) is 0 Å². The Bertz CT molecular complexity index is 1420. The number of hydrogen-bond acceptors (Lipinski definition) is 7. The van der Waals surface area contributed by atoms with Crippen molar-refractivity contribution in [1.82, 2.24) is 5.32 Å². The summed E-state index contributed by atoms with van der Waals surface area (Å²) in [4.78, 5) is 45.5. The first-order valence-electron chi connectivity index (χ1n) is 22.2. The molecule has 4 saturated carbocycles. The standard InChI is InChI=1S/C39H71N5O3.2C2HF3O2/c1-26(2)11-9-12-27(3)31-17-18-32-30-16-15-28-25-29(19-21-38(28,4)33(30)20-22-39(31,32)5)47-35(45)14-7-6-8-23-43-36(46)34(40)13-10-24-44-37(41)42;2*3-2(4,5)1(6)7/h26-34H,6-25,40H2,1-5H3,(H,43,46)(H4,41,42,44);2*(H,6,7)/t27-,28+,29+,30+,31-,32+,33+,34+,38+,39-;;/m1../s1. The van der Waals surface area contributed by atoms with Crippen LogP contribution in [0.1, 0.15) is 150 Å². The molecule has 0 bridgehead atoms. The van der Waals surface area contributed by atoms with Crippen LogP contribution < -0.4 is 37.7 Å². The van der Waals surface area contributed by atoms with Crippen molar-refractivity contribution in [3.63, 3.8) is 0 Å². The van der Waals surface area contributed by atoms with E-state index < -0.39 is 24.3 Å². The maximum atomic E-state index is 12.8. The lowest BCUT2D eigenvalue weighted by Gasteiger charge is -2.61. The van der Waals surface area contributed by atoms with Gasteiger partial charge < -0.3 is 35.6 Å². The SMILES string of the molecule is CC(C)CCC[C@@H](C)[C@H]1CC[C@H]2[C@@H]3CC[C@H]4C[C@@H](OC(=O)CCCCCNC(=O)[C@@H]([NH3+])CCC[NH+]=C(N)N)CC[C@]4(C)[C@H]3CC[C@]12C.O=C([O-])C(F)(F)F.O=C([O-])C(F)(F)F. The number of halogens is 6. The Hall–Kier alpha value is -3.31. The van der Waals surface area contributed by atoms with Crippen LogP contribution in [0.25, 0.3) is 0 Å². The van der Waals surface area contributed by atoms with E-state index in [0.29, 0.717) is 42.7 Å². The third kappa shape index (κ3) is 16.7. The Kier molecular flexibility index (Phi) is 21.1. The molecular formula is C43H73F6N5O7. The van der Waals surface area contributed by atoms with Crippen molar-refractivity contribution in [3.05, 3.63) is 0 Å². The molecule has 0 aromatic rings. The molecule has 1 amide bonds. The summed E-state index contributed by atoms with van der Waals surface area (Å²) in [5, 5.41) is 20.5. The fraction of sp³-hybridized carbons (Fsp3) is 0.884. The molecular weight excluding hydrogens is 812 g/mol. The van der Waals surface area contributed by atoms with Gasteiger partial charge in [0.1, 0.15) is 18.0 Å². The molecule has 0 aliphatic heterocycles. The number of ether oxygens (including phenoxy) is 1. The summed E-state index contributed by atoms with van der Waals surface area (Å²) in [6.07, 6.45) is 10.2. The Morgan fingerprint density at radius 2 is 1.38 bits per heavy atom. The first kappa shape index (κ1) is 53.8. The van der Waals surface area contributed by atoms with Gasteiger partial charge in [-0.3, -0.25) is 26.0 Å². The van der Waals surface area contributed by atoms with Crippen molar-refractivity contribution in [2.45, 2.75) is 175 Å². The van der Waals surface area contributed by atoms with Crippen LogP contribution in [-0.4, -0.2) is 67.4 Å². The van der Waals surface area contributed by atoms with Crippen molar-refractivity contribution in [1.29, 1.82) is 0 Å². The number of carbonyl (C=O) groups excluding carboxylic acids is 4. The number of alkyl halides is 6. The topological polar surface area (TPSA) is 229 Å². The van der Waals surface area contributed by atoms with Crippen LogP contribution in [0.15, 0.2) is 0 Å². The molecule has 4 aliphatic carbocycles. The molecule has 0 radical (unpaired) electrons. The Balaban J connectivity index is 0.000000784. The highest BCUT2D eigenvalue weighted by atomic mass is 19.4. The highest BCUT2D eigenvalue weighted by Crippen LogP contribution is 2.68. The van der Waals surface area contributed by atoms with Gasteiger partial charge >= 0.3 is 24.3 Å². The maximum Gasteiger partial charge on any atom is 0.430 e. The van der Waals surface area contributed by atoms with Gasteiger partial charge in [-0.15, -0.1) is 0 Å². The normalized spacial score (nSPS) is 29.1. The molecule has 0 spiro atoms. The minimum absolute atomic E-state index is 0.0239. The van der Waals surface area contributed by atoms with Crippen LogP contribution in [-0.2, 0) is 23.9 Å². The molecule has 18 heteroatoms. The van der Waals surface area contributed by atoms with E-state index in [9.17, 15) is 35.9 Å². The second kappa shape index (κ2) is 23.9. The van der Waals surface area contributed by atoms with E-state index in [1.807, 2.05) is 0 Å². The molecule has 0 heterocycles. The molecule has 354 valence electrons. The molecule has 12 nitrogen and oxygen atoms in total. The van der Waals surface area contributed by atoms with Crippen molar-refractivity contribution < 1.29 is 71.2 Å². The number of nitrogens with one attached hydrogen (secondary N) is 2. The lowest BCUT2D eigenvalue weighted by Crippen LogP contribution is -2.78. The lowest BCUT2D eigenvalue weighted by atomic mass is 9.44. The van der Waals surface area contributed by atoms with Gasteiger partial charge in [0.15, 0.2) is 6.04 Å². The summed E-state index contributed by atoms with van der Waals surface area (Å²) in [5.41, 5.74) is 15.7. The van der Waals surface area contributed by atoms with Crippen molar-refractivity contribution >= 4 is 29.8 Å². The summed E-state index contributed by atoms with van der Waals surface area (Å²) in [6, 6.07) is -0.287. The number of quaternary nitrogens is 1. The summed E-state index contributed by atoms with van der Waals surface area (Å²) in [7, 11) is 0. The smallest absolute Gasteiger partial charge is 0.430 e. The van der Waals surface area contributed by atoms with Gasteiger partial charge in [-0.1, -0.05) is 60.3 Å². The molecule has 61 heavy (non-hydrogen) atoms. The predicted octanol–water partition coefficient (Wildman–Crippen LogP) is 3.04. The van der Waals surface area contributed by atoms with Gasteiger partial charge in [-0.2, -0.15) is 26.3 Å². The van der Waals surface area contributed by atoms with E-state index >= 15 is 0 Å². The van der Waals surface area contributed by atoms with Crippen LogP contribution in [0.5, 0.6) is 0 Å². The largest absolute Gasteiger partial charge is 0.542 e. The molecule has 4 fully saturated rings. The maximum absolute atomic E-state index is 12.8. The van der Waals surface area contributed by atoms with Crippen molar-refractivity contribution in [2.24, 2.45) is 63.7 Å². The van der Waals surface area contributed by atoms with Gasteiger partial charge in [0.25, 0.3) is 5.91 Å². The molecule has 4 aliphatic rings. The Morgan fingerprint density at radius 3 is 1.95 bits per heavy atom. The summed E-state index contributed by atoms with van der Waals surface area (Å²) in [5.74, 6) is 0.111. The quantitative estimate of drug-likeness (QED) is 0.0475. The summed E-state index contributed by atoms with van der Waals surface area (Å²) >= 11 is 0.